The Labute approximate surface area is 120 Å². The minimum atomic E-state index is -0.740. The van der Waals surface area contributed by atoms with Crippen molar-refractivity contribution in [2.24, 2.45) is 0 Å². The Morgan fingerprint density at radius 2 is 1.89 bits per heavy atom. The summed E-state index contributed by atoms with van der Waals surface area (Å²) in [6.07, 6.45) is 6.21. The third-order valence-electron chi connectivity index (χ3n) is 2.68. The summed E-state index contributed by atoms with van der Waals surface area (Å²) in [6, 6.07) is 1.68. The van der Waals surface area contributed by atoms with Crippen LogP contribution in [0, 0.1) is 0 Å². The van der Waals surface area contributed by atoms with Crippen molar-refractivity contribution in [3.05, 3.63) is 22.6 Å². The van der Waals surface area contributed by atoms with E-state index in [1.165, 1.54) is 6.26 Å². The van der Waals surface area contributed by atoms with Gasteiger partial charge in [-0.3, -0.25) is 9.59 Å². The van der Waals surface area contributed by atoms with Gasteiger partial charge in [0.05, 0.1) is 10.7 Å². The summed E-state index contributed by atoms with van der Waals surface area (Å²) in [5.41, 5.74) is 0. The van der Waals surface area contributed by atoms with Crippen molar-refractivity contribution in [1.82, 2.24) is 5.32 Å². The van der Waals surface area contributed by atoms with Gasteiger partial charge in [0.1, 0.15) is 0 Å². The van der Waals surface area contributed by atoms with Crippen molar-refractivity contribution >= 4 is 27.8 Å². The molecule has 1 heterocycles. The number of aliphatic carboxylic acids is 1. The molecule has 5 nitrogen and oxygen atoms in total. The van der Waals surface area contributed by atoms with Gasteiger partial charge in [-0.2, -0.15) is 0 Å². The van der Waals surface area contributed by atoms with Crippen molar-refractivity contribution in [3.63, 3.8) is 0 Å². The first-order valence-corrected chi connectivity index (χ1v) is 7.13. The van der Waals surface area contributed by atoms with E-state index in [1.807, 2.05) is 0 Å². The minimum absolute atomic E-state index is 0.220. The zero-order valence-electron chi connectivity index (χ0n) is 10.7. The molecule has 0 fully saturated rings. The van der Waals surface area contributed by atoms with E-state index in [-0.39, 0.29) is 12.3 Å². The molecule has 6 heteroatoms. The topological polar surface area (TPSA) is 79.5 Å². The lowest BCUT2D eigenvalue weighted by molar-refractivity contribution is -0.137. The van der Waals surface area contributed by atoms with Gasteiger partial charge in [0.25, 0.3) is 5.91 Å². The number of rotatable bonds is 9. The van der Waals surface area contributed by atoms with Crippen molar-refractivity contribution in [3.8, 4) is 0 Å². The average Bonchev–Trinajstić information content (AvgIpc) is 2.78. The lowest BCUT2D eigenvalue weighted by Crippen LogP contribution is -2.24. The largest absolute Gasteiger partial charge is 0.481 e. The van der Waals surface area contributed by atoms with E-state index >= 15 is 0 Å². The Bertz CT molecular complexity index is 417. The molecule has 19 heavy (non-hydrogen) atoms. The highest BCUT2D eigenvalue weighted by molar-refractivity contribution is 9.10. The molecule has 0 atom stereocenters. The van der Waals surface area contributed by atoms with E-state index in [0.29, 0.717) is 16.8 Å². The zero-order chi connectivity index (χ0) is 14.1. The van der Waals surface area contributed by atoms with E-state index in [9.17, 15) is 9.59 Å². The van der Waals surface area contributed by atoms with Crippen LogP contribution < -0.4 is 5.32 Å². The molecule has 1 aromatic rings. The number of carboxylic acids is 1. The van der Waals surface area contributed by atoms with Crippen LogP contribution in [-0.2, 0) is 4.79 Å². The number of carbonyl (C=O) groups excluding carboxylic acids is 1. The molecule has 0 saturated heterocycles. The number of carbonyl (C=O) groups is 2. The van der Waals surface area contributed by atoms with Gasteiger partial charge in [0.15, 0.2) is 0 Å². The van der Waals surface area contributed by atoms with Crippen LogP contribution in [0.5, 0.6) is 0 Å². The first-order valence-electron chi connectivity index (χ1n) is 6.34. The smallest absolute Gasteiger partial charge is 0.303 e. The second-order valence-electron chi connectivity index (χ2n) is 4.27. The number of furan rings is 1. The molecule has 1 rings (SSSR count). The summed E-state index contributed by atoms with van der Waals surface area (Å²) in [5.74, 6) is -0.666. The predicted molar refractivity (Wildman–Crippen MR) is 74.1 cm³/mol. The van der Waals surface area contributed by atoms with Gasteiger partial charge in [-0.25, -0.2) is 0 Å². The van der Waals surface area contributed by atoms with Gasteiger partial charge in [-0.1, -0.05) is 19.3 Å². The van der Waals surface area contributed by atoms with E-state index in [4.69, 9.17) is 9.52 Å². The Balaban J connectivity index is 2.01. The molecule has 106 valence electrons. The summed E-state index contributed by atoms with van der Waals surface area (Å²) >= 11 is 3.23. The van der Waals surface area contributed by atoms with Gasteiger partial charge >= 0.3 is 5.97 Å². The number of unbranched alkanes of at least 4 members (excludes halogenated alkanes) is 4. The highest BCUT2D eigenvalue weighted by Crippen LogP contribution is 2.17. The third kappa shape index (κ3) is 6.42. The molecule has 1 aromatic heterocycles. The standard InChI is InChI=1S/C13H18BrNO4/c14-10-7-9-19-12(10)13(18)15-8-5-3-1-2-4-6-11(16)17/h7,9H,1-6,8H2,(H,15,18)(H,16,17). The predicted octanol–water partition coefficient (Wildman–Crippen LogP) is 3.20. The molecule has 0 bridgehead atoms. The number of halogens is 1. The van der Waals surface area contributed by atoms with Crippen LogP contribution in [0.25, 0.3) is 0 Å². The molecule has 0 spiro atoms. The molecule has 0 aliphatic carbocycles. The van der Waals surface area contributed by atoms with Crippen LogP contribution in [0.2, 0.25) is 0 Å². The second kappa shape index (κ2) is 8.74. The molecule has 0 aliphatic rings. The molecule has 0 saturated carbocycles. The van der Waals surface area contributed by atoms with Crippen LogP contribution in [0.1, 0.15) is 49.1 Å². The maximum absolute atomic E-state index is 11.6. The van der Waals surface area contributed by atoms with Gasteiger partial charge in [-0.05, 0) is 34.8 Å². The minimum Gasteiger partial charge on any atom is -0.481 e. The van der Waals surface area contributed by atoms with E-state index < -0.39 is 5.97 Å². The highest BCUT2D eigenvalue weighted by Gasteiger charge is 2.12. The van der Waals surface area contributed by atoms with Crippen LogP contribution in [0.4, 0.5) is 0 Å². The molecular formula is C13H18BrNO4. The number of hydrogen-bond acceptors (Lipinski definition) is 3. The van der Waals surface area contributed by atoms with Gasteiger partial charge < -0.3 is 14.8 Å². The third-order valence-corrected chi connectivity index (χ3v) is 3.30. The Kier molecular flexibility index (Phi) is 7.25. The molecule has 2 N–H and O–H groups in total. The monoisotopic (exact) mass is 331 g/mol. The molecular weight excluding hydrogens is 314 g/mol. The average molecular weight is 332 g/mol. The van der Waals surface area contributed by atoms with Gasteiger partial charge in [-0.15, -0.1) is 0 Å². The normalized spacial score (nSPS) is 10.4. The first-order chi connectivity index (χ1) is 9.11. The van der Waals surface area contributed by atoms with Crippen molar-refractivity contribution in [1.29, 1.82) is 0 Å². The number of amides is 1. The zero-order valence-corrected chi connectivity index (χ0v) is 12.2. The SMILES string of the molecule is O=C(O)CCCCCCCNC(=O)c1occc1Br. The molecule has 0 aliphatic heterocycles. The fraction of sp³-hybridized carbons (Fsp3) is 0.538. The molecule has 0 radical (unpaired) electrons. The van der Waals surface area contributed by atoms with Crippen molar-refractivity contribution in [2.45, 2.75) is 38.5 Å². The summed E-state index contributed by atoms with van der Waals surface area (Å²) < 4.78 is 5.70. The number of carboxylic acid groups (broad SMARTS) is 1. The second-order valence-corrected chi connectivity index (χ2v) is 5.12. The summed E-state index contributed by atoms with van der Waals surface area (Å²) in [6.45, 7) is 0.602. The van der Waals surface area contributed by atoms with E-state index in [1.54, 1.807) is 6.07 Å². The quantitative estimate of drug-likeness (QED) is 0.681. The lowest BCUT2D eigenvalue weighted by Gasteiger charge is -2.03. The van der Waals surface area contributed by atoms with Crippen molar-refractivity contribution < 1.29 is 19.1 Å². The summed E-state index contributed by atoms with van der Waals surface area (Å²) in [4.78, 5) is 21.9. The Morgan fingerprint density at radius 1 is 1.21 bits per heavy atom. The van der Waals surface area contributed by atoms with Crippen LogP contribution in [-0.4, -0.2) is 23.5 Å². The Hall–Kier alpha value is -1.30. The molecule has 1 amide bonds. The Morgan fingerprint density at radius 3 is 2.53 bits per heavy atom. The van der Waals surface area contributed by atoms with Crippen LogP contribution >= 0.6 is 15.9 Å². The van der Waals surface area contributed by atoms with E-state index in [2.05, 4.69) is 21.2 Å². The van der Waals surface area contributed by atoms with Crippen LogP contribution in [0.15, 0.2) is 21.2 Å². The fourth-order valence-corrected chi connectivity index (χ4v) is 2.05. The van der Waals surface area contributed by atoms with E-state index in [0.717, 1.165) is 32.1 Å². The summed E-state index contributed by atoms with van der Waals surface area (Å²) in [7, 11) is 0. The van der Waals surface area contributed by atoms with Gasteiger partial charge in [0, 0.05) is 13.0 Å². The maximum atomic E-state index is 11.6. The number of hydrogen-bond donors (Lipinski definition) is 2. The fourth-order valence-electron chi connectivity index (χ4n) is 1.67. The molecule has 0 aromatic carbocycles. The van der Waals surface area contributed by atoms with Gasteiger partial charge in [0.2, 0.25) is 5.76 Å². The lowest BCUT2D eigenvalue weighted by atomic mass is 10.1. The number of nitrogens with one attached hydrogen (secondary N) is 1. The summed E-state index contributed by atoms with van der Waals surface area (Å²) in [5, 5.41) is 11.2. The van der Waals surface area contributed by atoms with Crippen molar-refractivity contribution in [2.75, 3.05) is 6.54 Å². The maximum Gasteiger partial charge on any atom is 0.303 e. The highest BCUT2D eigenvalue weighted by atomic mass is 79.9. The van der Waals surface area contributed by atoms with Crippen LogP contribution in [0.3, 0.4) is 0 Å². The first kappa shape index (κ1) is 15.8. The molecule has 0 unspecified atom stereocenters.